The van der Waals surface area contributed by atoms with Gasteiger partial charge in [0.2, 0.25) is 4.96 Å². The van der Waals surface area contributed by atoms with Crippen molar-refractivity contribution in [3.8, 4) is 17.1 Å². The van der Waals surface area contributed by atoms with Gasteiger partial charge in [0.25, 0.3) is 5.56 Å². The first-order valence-electron chi connectivity index (χ1n) is 9.53. The molecule has 0 bridgehead atoms. The molecule has 4 rings (SSSR count). The summed E-state index contributed by atoms with van der Waals surface area (Å²) in [5, 5.41) is 4.40. The highest BCUT2D eigenvalue weighted by Gasteiger charge is 2.12. The van der Waals surface area contributed by atoms with E-state index < -0.39 is 0 Å². The van der Waals surface area contributed by atoms with Gasteiger partial charge in [-0.25, -0.2) is 0 Å². The summed E-state index contributed by atoms with van der Waals surface area (Å²) in [6.45, 7) is 6.22. The zero-order valence-electron chi connectivity index (χ0n) is 16.6. The fraction of sp³-hybridized carbons (Fsp3) is 0.227. The van der Waals surface area contributed by atoms with Gasteiger partial charge in [-0.3, -0.25) is 4.79 Å². The van der Waals surface area contributed by atoms with Crippen LogP contribution in [0.15, 0.2) is 53.3 Å². The molecule has 6 nitrogen and oxygen atoms in total. The van der Waals surface area contributed by atoms with Gasteiger partial charge in [-0.05, 0) is 61.9 Å². The number of ether oxygens (including phenoxy) is 1. The summed E-state index contributed by atoms with van der Waals surface area (Å²) in [6, 6.07) is 15.7. The van der Waals surface area contributed by atoms with Crippen LogP contribution >= 0.6 is 11.3 Å². The van der Waals surface area contributed by atoms with Crippen LogP contribution in [0.25, 0.3) is 22.4 Å². The number of hydrogen-bond acceptors (Lipinski definition) is 6. The van der Waals surface area contributed by atoms with E-state index in [1.54, 1.807) is 7.11 Å². The standard InChI is InChI=1S/C22H22N4O2S/c1-4-25(5-2)17-10-6-15(7-11-17)14-19-21(27)26-22(29-19)23-20(24-26)16-8-12-18(28-3)13-9-16/h6-14H,4-5H2,1-3H3/b19-14+. The van der Waals surface area contributed by atoms with Gasteiger partial charge >= 0.3 is 0 Å². The molecule has 0 fully saturated rings. The lowest BCUT2D eigenvalue weighted by Crippen LogP contribution is -2.23. The van der Waals surface area contributed by atoms with E-state index in [9.17, 15) is 4.79 Å². The van der Waals surface area contributed by atoms with Crippen LogP contribution in [0.1, 0.15) is 19.4 Å². The maximum Gasteiger partial charge on any atom is 0.291 e. The molecule has 29 heavy (non-hydrogen) atoms. The Labute approximate surface area is 172 Å². The number of rotatable bonds is 6. The highest BCUT2D eigenvalue weighted by atomic mass is 32.1. The largest absolute Gasteiger partial charge is 0.497 e. The van der Waals surface area contributed by atoms with Crippen molar-refractivity contribution in [2.24, 2.45) is 0 Å². The van der Waals surface area contributed by atoms with Crippen molar-refractivity contribution >= 4 is 28.1 Å². The molecule has 148 valence electrons. The molecule has 0 radical (unpaired) electrons. The molecule has 2 aromatic heterocycles. The van der Waals surface area contributed by atoms with Crippen molar-refractivity contribution < 1.29 is 4.74 Å². The third-order valence-corrected chi connectivity index (χ3v) is 5.81. The molecule has 4 aromatic rings. The smallest absolute Gasteiger partial charge is 0.291 e. The predicted molar refractivity (Wildman–Crippen MR) is 118 cm³/mol. The van der Waals surface area contributed by atoms with Gasteiger partial charge in [-0.1, -0.05) is 23.5 Å². The summed E-state index contributed by atoms with van der Waals surface area (Å²) in [5.41, 5.74) is 2.86. The molecular formula is C22H22N4O2S. The lowest BCUT2D eigenvalue weighted by atomic mass is 10.2. The Morgan fingerprint density at radius 1 is 1.07 bits per heavy atom. The third-order valence-electron chi connectivity index (χ3n) is 4.85. The van der Waals surface area contributed by atoms with E-state index >= 15 is 0 Å². The average molecular weight is 407 g/mol. The van der Waals surface area contributed by atoms with Crippen molar-refractivity contribution in [1.29, 1.82) is 0 Å². The Bertz CT molecular complexity index is 1220. The molecule has 0 saturated carbocycles. The first kappa shape index (κ1) is 19.1. The molecule has 0 spiro atoms. The monoisotopic (exact) mass is 406 g/mol. The Morgan fingerprint density at radius 3 is 2.34 bits per heavy atom. The van der Waals surface area contributed by atoms with Crippen LogP contribution < -0.4 is 19.7 Å². The summed E-state index contributed by atoms with van der Waals surface area (Å²) in [5.74, 6) is 1.30. The zero-order valence-corrected chi connectivity index (χ0v) is 17.4. The summed E-state index contributed by atoms with van der Waals surface area (Å²) >= 11 is 1.35. The van der Waals surface area contributed by atoms with Crippen LogP contribution in [0.3, 0.4) is 0 Å². The van der Waals surface area contributed by atoms with E-state index in [0.717, 1.165) is 30.0 Å². The van der Waals surface area contributed by atoms with Crippen molar-refractivity contribution in [1.82, 2.24) is 14.6 Å². The molecule has 0 atom stereocenters. The van der Waals surface area contributed by atoms with Crippen LogP contribution in [-0.2, 0) is 0 Å². The minimum atomic E-state index is -0.148. The van der Waals surface area contributed by atoms with Crippen LogP contribution in [0.2, 0.25) is 0 Å². The summed E-state index contributed by atoms with van der Waals surface area (Å²) < 4.78 is 7.17. The molecule has 0 aliphatic rings. The van der Waals surface area contributed by atoms with Gasteiger partial charge in [0.05, 0.1) is 11.6 Å². The molecule has 2 heterocycles. The van der Waals surface area contributed by atoms with Crippen LogP contribution in [-0.4, -0.2) is 34.8 Å². The van der Waals surface area contributed by atoms with Gasteiger partial charge in [-0.2, -0.15) is 9.50 Å². The van der Waals surface area contributed by atoms with E-state index in [1.807, 2.05) is 42.5 Å². The molecule has 7 heteroatoms. The van der Waals surface area contributed by atoms with Crippen molar-refractivity contribution in [3.05, 3.63) is 69.0 Å². The summed E-state index contributed by atoms with van der Waals surface area (Å²) in [4.78, 5) is 20.2. The Balaban J connectivity index is 1.66. The van der Waals surface area contributed by atoms with Crippen LogP contribution in [0.5, 0.6) is 5.75 Å². The number of hydrogen-bond donors (Lipinski definition) is 0. The normalized spacial score (nSPS) is 11.9. The van der Waals surface area contributed by atoms with E-state index in [4.69, 9.17) is 4.74 Å². The average Bonchev–Trinajstić information content (AvgIpc) is 3.30. The fourth-order valence-corrected chi connectivity index (χ4v) is 4.13. The van der Waals surface area contributed by atoms with Gasteiger partial charge < -0.3 is 9.64 Å². The molecule has 0 amide bonds. The number of nitrogens with zero attached hydrogens (tertiary/aromatic N) is 4. The highest BCUT2D eigenvalue weighted by Crippen LogP contribution is 2.20. The Hall–Kier alpha value is -3.19. The molecule has 2 aromatic carbocycles. The second kappa shape index (κ2) is 8.05. The van der Waals surface area contributed by atoms with E-state index in [0.29, 0.717) is 15.3 Å². The SMILES string of the molecule is CCN(CC)c1ccc(/C=c2/sc3nc(-c4ccc(OC)cc4)nn3c2=O)cc1. The Kier molecular flexibility index (Phi) is 5.31. The second-order valence-electron chi connectivity index (χ2n) is 6.54. The predicted octanol–water partition coefficient (Wildman–Crippen LogP) is 3.22. The zero-order chi connectivity index (χ0) is 20.4. The lowest BCUT2D eigenvalue weighted by molar-refractivity contribution is 0.415. The lowest BCUT2D eigenvalue weighted by Gasteiger charge is -2.20. The van der Waals surface area contributed by atoms with Crippen molar-refractivity contribution in [3.63, 3.8) is 0 Å². The van der Waals surface area contributed by atoms with Gasteiger partial charge in [0, 0.05) is 24.3 Å². The topological polar surface area (TPSA) is 59.7 Å². The van der Waals surface area contributed by atoms with Crippen molar-refractivity contribution in [2.45, 2.75) is 13.8 Å². The molecule has 0 unspecified atom stereocenters. The second-order valence-corrected chi connectivity index (χ2v) is 7.55. The Morgan fingerprint density at radius 2 is 1.76 bits per heavy atom. The third kappa shape index (κ3) is 3.73. The van der Waals surface area contributed by atoms with E-state index in [-0.39, 0.29) is 5.56 Å². The first-order valence-corrected chi connectivity index (χ1v) is 10.3. The summed E-state index contributed by atoms with van der Waals surface area (Å²) in [6.07, 6.45) is 1.89. The van der Waals surface area contributed by atoms with Gasteiger partial charge in [0.1, 0.15) is 5.75 Å². The van der Waals surface area contributed by atoms with E-state index in [1.165, 1.54) is 21.5 Å². The molecule has 0 saturated heterocycles. The number of aromatic nitrogens is 3. The fourth-order valence-electron chi connectivity index (χ4n) is 3.22. The molecule has 0 N–H and O–H groups in total. The molecule has 0 aliphatic carbocycles. The first-order chi connectivity index (χ1) is 14.1. The van der Waals surface area contributed by atoms with E-state index in [2.05, 4.69) is 41.0 Å². The van der Waals surface area contributed by atoms with Gasteiger partial charge in [-0.15, -0.1) is 5.10 Å². The number of anilines is 1. The highest BCUT2D eigenvalue weighted by molar-refractivity contribution is 7.15. The number of methoxy groups -OCH3 is 1. The maximum atomic E-state index is 12.8. The number of fused-ring (bicyclic) bond motifs is 1. The van der Waals surface area contributed by atoms with Gasteiger partial charge in [0.15, 0.2) is 5.82 Å². The maximum absolute atomic E-state index is 12.8. The minimum absolute atomic E-state index is 0.148. The van der Waals surface area contributed by atoms with Crippen molar-refractivity contribution in [2.75, 3.05) is 25.1 Å². The van der Waals surface area contributed by atoms with Crippen LogP contribution in [0, 0.1) is 0 Å². The molecular weight excluding hydrogens is 384 g/mol. The minimum Gasteiger partial charge on any atom is -0.497 e. The summed E-state index contributed by atoms with van der Waals surface area (Å²) in [7, 11) is 1.62. The number of thiazole rings is 1. The number of benzene rings is 2. The quantitative estimate of drug-likeness (QED) is 0.492. The van der Waals surface area contributed by atoms with Crippen LogP contribution in [0.4, 0.5) is 5.69 Å². The molecule has 0 aliphatic heterocycles.